The normalized spacial score (nSPS) is 23.5. The SMILES string of the molecule is CCCNC(Cc1cc(Cl)cc2c1OCC2)C1CC1(C)C. The summed E-state index contributed by atoms with van der Waals surface area (Å²) in [6, 6.07) is 4.69. The number of fused-ring (bicyclic) bond motifs is 1. The molecule has 1 aromatic carbocycles. The van der Waals surface area contributed by atoms with Crippen LogP contribution in [0.5, 0.6) is 5.75 Å². The fourth-order valence-corrected chi connectivity index (χ4v) is 3.88. The van der Waals surface area contributed by atoms with Gasteiger partial charge in [0.05, 0.1) is 6.61 Å². The minimum atomic E-state index is 0.480. The van der Waals surface area contributed by atoms with E-state index in [0.717, 1.165) is 42.7 Å². The van der Waals surface area contributed by atoms with Gasteiger partial charge in [0.15, 0.2) is 0 Å². The molecule has 1 saturated carbocycles. The van der Waals surface area contributed by atoms with Crippen LogP contribution in [0.1, 0.15) is 44.7 Å². The smallest absolute Gasteiger partial charge is 0.125 e. The Hall–Kier alpha value is -0.730. The lowest BCUT2D eigenvalue weighted by molar-refractivity contribution is 0.347. The van der Waals surface area contributed by atoms with Crippen LogP contribution in [0.4, 0.5) is 0 Å². The Balaban J connectivity index is 1.80. The third kappa shape index (κ3) is 3.22. The first-order valence-corrected chi connectivity index (χ1v) is 8.56. The van der Waals surface area contributed by atoms with Gasteiger partial charge in [-0.1, -0.05) is 32.4 Å². The first kappa shape index (κ1) is 15.2. The molecular weight excluding hydrogens is 282 g/mol. The second-order valence-corrected chi connectivity index (χ2v) is 7.65. The summed E-state index contributed by atoms with van der Waals surface area (Å²) in [4.78, 5) is 0. The number of halogens is 1. The van der Waals surface area contributed by atoms with E-state index in [1.165, 1.54) is 24.0 Å². The van der Waals surface area contributed by atoms with Crippen LogP contribution in [0.3, 0.4) is 0 Å². The van der Waals surface area contributed by atoms with Crippen LogP contribution in [0.2, 0.25) is 5.02 Å². The topological polar surface area (TPSA) is 21.3 Å². The summed E-state index contributed by atoms with van der Waals surface area (Å²) in [5.41, 5.74) is 3.04. The molecule has 1 heterocycles. The van der Waals surface area contributed by atoms with Crippen molar-refractivity contribution in [3.63, 3.8) is 0 Å². The molecule has 2 atom stereocenters. The maximum Gasteiger partial charge on any atom is 0.125 e. The molecule has 1 aromatic rings. The van der Waals surface area contributed by atoms with E-state index in [-0.39, 0.29) is 0 Å². The summed E-state index contributed by atoms with van der Waals surface area (Å²) >= 11 is 6.29. The van der Waals surface area contributed by atoms with Gasteiger partial charge in [-0.2, -0.15) is 0 Å². The van der Waals surface area contributed by atoms with Crippen LogP contribution in [-0.2, 0) is 12.8 Å². The van der Waals surface area contributed by atoms with Crippen LogP contribution in [-0.4, -0.2) is 19.2 Å². The number of ether oxygens (including phenoxy) is 1. The second kappa shape index (κ2) is 5.81. The molecule has 1 fully saturated rings. The molecule has 21 heavy (non-hydrogen) atoms. The molecule has 1 N–H and O–H groups in total. The van der Waals surface area contributed by atoms with Gasteiger partial charge in [-0.3, -0.25) is 0 Å². The van der Waals surface area contributed by atoms with Crippen molar-refractivity contribution in [2.45, 2.75) is 52.5 Å². The Morgan fingerprint density at radius 2 is 2.19 bits per heavy atom. The van der Waals surface area contributed by atoms with Crippen molar-refractivity contribution < 1.29 is 4.74 Å². The van der Waals surface area contributed by atoms with E-state index < -0.39 is 0 Å². The molecule has 3 heteroatoms. The van der Waals surface area contributed by atoms with Gasteiger partial charge in [0.2, 0.25) is 0 Å². The van der Waals surface area contributed by atoms with Crippen molar-refractivity contribution >= 4 is 11.6 Å². The summed E-state index contributed by atoms with van der Waals surface area (Å²) in [5.74, 6) is 1.86. The van der Waals surface area contributed by atoms with E-state index in [0.29, 0.717) is 11.5 Å². The number of hydrogen-bond acceptors (Lipinski definition) is 2. The highest BCUT2D eigenvalue weighted by molar-refractivity contribution is 6.30. The van der Waals surface area contributed by atoms with E-state index in [4.69, 9.17) is 16.3 Å². The zero-order valence-corrected chi connectivity index (χ0v) is 14.1. The molecule has 0 bridgehead atoms. The van der Waals surface area contributed by atoms with Crippen LogP contribution >= 0.6 is 11.6 Å². The van der Waals surface area contributed by atoms with E-state index in [1.54, 1.807) is 0 Å². The Bertz CT molecular complexity index is 526. The van der Waals surface area contributed by atoms with Crippen molar-refractivity contribution in [1.29, 1.82) is 0 Å². The van der Waals surface area contributed by atoms with Crippen LogP contribution in [0.15, 0.2) is 12.1 Å². The summed E-state index contributed by atoms with van der Waals surface area (Å²) in [6.07, 6.45) is 4.51. The van der Waals surface area contributed by atoms with Crippen LogP contribution in [0.25, 0.3) is 0 Å². The van der Waals surface area contributed by atoms with Crippen molar-refractivity contribution in [3.8, 4) is 5.75 Å². The van der Waals surface area contributed by atoms with Gasteiger partial charge in [0.25, 0.3) is 0 Å². The molecule has 0 spiro atoms. The van der Waals surface area contributed by atoms with E-state index in [9.17, 15) is 0 Å². The molecule has 2 nitrogen and oxygen atoms in total. The number of hydrogen-bond donors (Lipinski definition) is 1. The fourth-order valence-electron chi connectivity index (χ4n) is 3.62. The highest BCUT2D eigenvalue weighted by atomic mass is 35.5. The lowest BCUT2D eigenvalue weighted by atomic mass is 9.95. The summed E-state index contributed by atoms with van der Waals surface area (Å²) < 4.78 is 5.86. The Morgan fingerprint density at radius 3 is 2.86 bits per heavy atom. The maximum atomic E-state index is 6.29. The quantitative estimate of drug-likeness (QED) is 0.849. The Labute approximate surface area is 133 Å². The molecule has 116 valence electrons. The summed E-state index contributed by atoms with van der Waals surface area (Å²) in [7, 11) is 0. The van der Waals surface area contributed by atoms with Gasteiger partial charge >= 0.3 is 0 Å². The van der Waals surface area contributed by atoms with Gasteiger partial charge < -0.3 is 10.1 Å². The molecule has 0 amide bonds. The summed E-state index contributed by atoms with van der Waals surface area (Å²) in [5, 5.41) is 4.59. The van der Waals surface area contributed by atoms with Crippen molar-refractivity contribution in [2.24, 2.45) is 11.3 Å². The monoisotopic (exact) mass is 307 g/mol. The van der Waals surface area contributed by atoms with Crippen LogP contribution < -0.4 is 10.1 Å². The molecule has 2 aliphatic rings. The predicted octanol–water partition coefficient (Wildman–Crippen LogP) is 4.23. The van der Waals surface area contributed by atoms with Crippen molar-refractivity contribution in [1.82, 2.24) is 5.32 Å². The van der Waals surface area contributed by atoms with Gasteiger partial charge in [0.1, 0.15) is 5.75 Å². The molecule has 3 rings (SSSR count). The average Bonchev–Trinajstić information content (AvgIpc) is 2.85. The summed E-state index contributed by atoms with van der Waals surface area (Å²) in [6.45, 7) is 8.85. The highest BCUT2D eigenvalue weighted by Crippen LogP contribution is 2.54. The van der Waals surface area contributed by atoms with Crippen LogP contribution in [0, 0.1) is 11.3 Å². The second-order valence-electron chi connectivity index (χ2n) is 7.22. The molecular formula is C18H26ClNO. The van der Waals surface area contributed by atoms with E-state index >= 15 is 0 Å². The zero-order valence-electron chi connectivity index (χ0n) is 13.3. The van der Waals surface area contributed by atoms with Gasteiger partial charge in [-0.05, 0) is 60.4 Å². The lowest BCUT2D eigenvalue weighted by Crippen LogP contribution is -2.35. The Kier molecular flexibility index (Phi) is 4.20. The zero-order chi connectivity index (χ0) is 15.0. The lowest BCUT2D eigenvalue weighted by Gasteiger charge is -2.21. The molecule has 1 aliphatic carbocycles. The minimum absolute atomic E-state index is 0.480. The van der Waals surface area contributed by atoms with Gasteiger partial charge in [-0.15, -0.1) is 0 Å². The largest absolute Gasteiger partial charge is 0.493 e. The van der Waals surface area contributed by atoms with Gasteiger partial charge in [-0.25, -0.2) is 0 Å². The third-order valence-electron chi connectivity index (χ3n) is 5.00. The number of nitrogens with one attached hydrogen (secondary N) is 1. The number of benzene rings is 1. The standard InChI is InChI=1S/C18H26ClNO/c1-4-6-20-16(15-11-18(15,2)3)10-13-9-14(19)8-12-5-7-21-17(12)13/h8-9,15-16,20H,4-7,10-11H2,1-3H3. The van der Waals surface area contributed by atoms with E-state index in [1.807, 2.05) is 0 Å². The molecule has 1 aliphatic heterocycles. The molecule has 2 unspecified atom stereocenters. The van der Waals surface area contributed by atoms with Crippen molar-refractivity contribution in [3.05, 3.63) is 28.3 Å². The first-order valence-electron chi connectivity index (χ1n) is 8.18. The molecule has 0 radical (unpaired) electrons. The fraction of sp³-hybridized carbons (Fsp3) is 0.667. The number of rotatable bonds is 6. The van der Waals surface area contributed by atoms with Crippen molar-refractivity contribution in [2.75, 3.05) is 13.2 Å². The highest BCUT2D eigenvalue weighted by Gasteiger charge is 2.49. The first-order chi connectivity index (χ1) is 10.0. The minimum Gasteiger partial charge on any atom is -0.493 e. The maximum absolute atomic E-state index is 6.29. The molecule has 0 aromatic heterocycles. The average molecular weight is 308 g/mol. The van der Waals surface area contributed by atoms with E-state index in [2.05, 4.69) is 38.2 Å². The molecule has 0 saturated heterocycles. The third-order valence-corrected chi connectivity index (χ3v) is 5.22. The Morgan fingerprint density at radius 1 is 1.43 bits per heavy atom. The van der Waals surface area contributed by atoms with Gasteiger partial charge in [0, 0.05) is 17.5 Å². The predicted molar refractivity (Wildman–Crippen MR) is 88.3 cm³/mol.